The van der Waals surface area contributed by atoms with Gasteiger partial charge in [0.15, 0.2) is 0 Å². The van der Waals surface area contributed by atoms with E-state index in [1.807, 2.05) is 31.4 Å². The van der Waals surface area contributed by atoms with E-state index in [9.17, 15) is 19.8 Å². The van der Waals surface area contributed by atoms with Crippen LogP contribution in [0.3, 0.4) is 0 Å². The third-order valence-corrected chi connectivity index (χ3v) is 4.45. The van der Waals surface area contributed by atoms with Crippen molar-refractivity contribution < 1.29 is 19.8 Å². The van der Waals surface area contributed by atoms with E-state index < -0.39 is 18.1 Å². The minimum absolute atomic E-state index is 0.0493. The fraction of sp³-hybridized carbons (Fsp3) is 0.571. The molecule has 1 aliphatic rings. The molecule has 0 spiro atoms. The molecule has 0 aromatic carbocycles. The topological polar surface area (TPSA) is 81.1 Å². The first-order valence-corrected chi connectivity index (χ1v) is 7.78. The lowest BCUT2D eigenvalue weighted by Crippen LogP contribution is -2.50. The average molecular weight is 312 g/mol. The van der Waals surface area contributed by atoms with Gasteiger partial charge < -0.3 is 20.0 Å². The molecular formula is C14H20N2O4S. The van der Waals surface area contributed by atoms with Crippen LogP contribution >= 0.6 is 11.3 Å². The Hall–Kier alpha value is -1.60. The summed E-state index contributed by atoms with van der Waals surface area (Å²) in [7, 11) is 0. The van der Waals surface area contributed by atoms with E-state index in [0.717, 1.165) is 4.88 Å². The number of aliphatic carboxylic acids is 1. The molecule has 116 valence electrons. The smallest absolute Gasteiger partial charge is 0.326 e. The van der Waals surface area contributed by atoms with Crippen molar-refractivity contribution in [2.24, 2.45) is 0 Å². The second-order valence-corrected chi connectivity index (χ2v) is 6.51. The number of aliphatic hydroxyl groups is 1. The molecule has 2 rings (SSSR count). The Kier molecular flexibility index (Phi) is 4.84. The summed E-state index contributed by atoms with van der Waals surface area (Å²) >= 11 is 1.56. The van der Waals surface area contributed by atoms with Gasteiger partial charge in [0, 0.05) is 23.9 Å². The number of amides is 2. The van der Waals surface area contributed by atoms with Crippen LogP contribution in [0.1, 0.15) is 25.1 Å². The van der Waals surface area contributed by atoms with Crippen molar-refractivity contribution in [2.75, 3.05) is 6.54 Å². The van der Waals surface area contributed by atoms with Crippen LogP contribution in [0.25, 0.3) is 0 Å². The zero-order valence-corrected chi connectivity index (χ0v) is 12.9. The molecule has 2 heterocycles. The molecule has 1 saturated heterocycles. The highest BCUT2D eigenvalue weighted by Crippen LogP contribution is 2.23. The lowest BCUT2D eigenvalue weighted by atomic mass is 10.2. The van der Waals surface area contributed by atoms with Gasteiger partial charge >= 0.3 is 12.0 Å². The molecule has 7 heteroatoms. The van der Waals surface area contributed by atoms with E-state index in [1.165, 1.54) is 4.90 Å². The second kappa shape index (κ2) is 6.44. The number of urea groups is 1. The number of hydrogen-bond acceptors (Lipinski definition) is 4. The number of likely N-dealkylation sites (tertiary alicyclic amines) is 1. The number of carbonyl (C=O) groups is 2. The van der Waals surface area contributed by atoms with Crippen LogP contribution in [-0.4, -0.2) is 56.7 Å². The van der Waals surface area contributed by atoms with E-state index in [2.05, 4.69) is 0 Å². The number of hydrogen-bond donors (Lipinski definition) is 2. The van der Waals surface area contributed by atoms with Crippen molar-refractivity contribution >= 4 is 23.3 Å². The molecular weight excluding hydrogens is 292 g/mol. The maximum absolute atomic E-state index is 12.7. The molecule has 1 aromatic rings. The Morgan fingerprint density at radius 3 is 2.76 bits per heavy atom. The normalized spacial score (nSPS) is 21.8. The van der Waals surface area contributed by atoms with Crippen LogP contribution in [0.15, 0.2) is 17.5 Å². The predicted molar refractivity (Wildman–Crippen MR) is 79.1 cm³/mol. The van der Waals surface area contributed by atoms with Gasteiger partial charge in [0.2, 0.25) is 0 Å². The first kappa shape index (κ1) is 15.8. The van der Waals surface area contributed by atoms with Crippen LogP contribution in [0.4, 0.5) is 4.79 Å². The molecule has 0 aliphatic carbocycles. The monoisotopic (exact) mass is 312 g/mol. The number of carboxylic acid groups (broad SMARTS) is 1. The Balaban J connectivity index is 2.16. The summed E-state index contributed by atoms with van der Waals surface area (Å²) in [6.45, 7) is 4.32. The van der Waals surface area contributed by atoms with Gasteiger partial charge in [-0.15, -0.1) is 11.3 Å². The summed E-state index contributed by atoms with van der Waals surface area (Å²) in [5, 5.41) is 20.8. The van der Waals surface area contributed by atoms with Gasteiger partial charge in [-0.1, -0.05) is 6.07 Å². The minimum Gasteiger partial charge on any atom is -0.480 e. The summed E-state index contributed by atoms with van der Waals surface area (Å²) in [6.07, 6.45) is -0.683. The van der Waals surface area contributed by atoms with Gasteiger partial charge in [-0.3, -0.25) is 0 Å². The van der Waals surface area contributed by atoms with Crippen LogP contribution in [-0.2, 0) is 11.3 Å². The number of carbonyl (C=O) groups excluding carboxylic acids is 1. The standard InChI is InChI=1S/C14H20N2O4S/c1-9(2)15(8-11-4-3-5-21-11)14(20)16-7-10(17)6-12(16)13(18)19/h3-5,9-10,12,17H,6-8H2,1-2H3,(H,18,19). The Labute approximate surface area is 127 Å². The summed E-state index contributed by atoms with van der Waals surface area (Å²) in [5.74, 6) is -1.07. The van der Waals surface area contributed by atoms with Crippen molar-refractivity contribution in [1.82, 2.24) is 9.80 Å². The van der Waals surface area contributed by atoms with Crippen LogP contribution < -0.4 is 0 Å². The minimum atomic E-state index is -1.07. The van der Waals surface area contributed by atoms with Gasteiger partial charge in [0.25, 0.3) is 0 Å². The molecule has 0 bridgehead atoms. The zero-order valence-electron chi connectivity index (χ0n) is 12.1. The van der Waals surface area contributed by atoms with Gasteiger partial charge in [-0.25, -0.2) is 9.59 Å². The van der Waals surface area contributed by atoms with E-state index in [-0.39, 0.29) is 25.0 Å². The molecule has 2 N–H and O–H groups in total. The third-order valence-electron chi connectivity index (χ3n) is 3.59. The average Bonchev–Trinajstić information content (AvgIpc) is 3.03. The number of aliphatic hydroxyl groups excluding tert-OH is 1. The van der Waals surface area contributed by atoms with E-state index >= 15 is 0 Å². The predicted octanol–water partition coefficient (Wildman–Crippen LogP) is 1.60. The quantitative estimate of drug-likeness (QED) is 0.885. The van der Waals surface area contributed by atoms with Gasteiger partial charge in [0.1, 0.15) is 6.04 Å². The highest BCUT2D eigenvalue weighted by Gasteiger charge is 2.41. The molecule has 1 fully saturated rings. The molecule has 2 amide bonds. The fourth-order valence-corrected chi connectivity index (χ4v) is 3.17. The number of β-amino-alcohol motifs (C(OH)–C–C–N with tert-alkyl or cyclic N) is 1. The summed E-state index contributed by atoms with van der Waals surface area (Å²) < 4.78 is 0. The van der Waals surface area contributed by atoms with Crippen LogP contribution in [0.2, 0.25) is 0 Å². The maximum atomic E-state index is 12.7. The first-order chi connectivity index (χ1) is 9.90. The SMILES string of the molecule is CC(C)N(Cc1cccs1)C(=O)N1CC(O)CC1C(=O)O. The molecule has 1 aromatic heterocycles. The molecule has 2 unspecified atom stereocenters. The van der Waals surface area contributed by atoms with E-state index in [0.29, 0.717) is 6.54 Å². The summed E-state index contributed by atoms with van der Waals surface area (Å²) in [4.78, 5) is 27.9. The zero-order chi connectivity index (χ0) is 15.6. The number of rotatable bonds is 4. The molecule has 21 heavy (non-hydrogen) atoms. The van der Waals surface area contributed by atoms with Crippen LogP contribution in [0, 0.1) is 0 Å². The highest BCUT2D eigenvalue weighted by atomic mass is 32.1. The van der Waals surface area contributed by atoms with Crippen LogP contribution in [0.5, 0.6) is 0 Å². The van der Waals surface area contributed by atoms with Crippen molar-refractivity contribution in [1.29, 1.82) is 0 Å². The second-order valence-electron chi connectivity index (χ2n) is 5.48. The maximum Gasteiger partial charge on any atom is 0.326 e. The number of thiophene rings is 1. The Bertz CT molecular complexity index is 503. The van der Waals surface area contributed by atoms with Gasteiger partial charge in [0.05, 0.1) is 12.6 Å². The molecule has 2 atom stereocenters. The fourth-order valence-electron chi connectivity index (χ4n) is 2.47. The van der Waals surface area contributed by atoms with Gasteiger partial charge in [-0.05, 0) is 25.3 Å². The van der Waals surface area contributed by atoms with Crippen molar-refractivity contribution in [2.45, 2.75) is 45.0 Å². The molecule has 0 saturated carbocycles. The third kappa shape index (κ3) is 3.54. The Morgan fingerprint density at radius 1 is 1.52 bits per heavy atom. The van der Waals surface area contributed by atoms with E-state index in [1.54, 1.807) is 16.2 Å². The molecule has 0 radical (unpaired) electrons. The van der Waals surface area contributed by atoms with E-state index in [4.69, 9.17) is 0 Å². The number of nitrogens with zero attached hydrogens (tertiary/aromatic N) is 2. The highest BCUT2D eigenvalue weighted by molar-refractivity contribution is 7.09. The largest absolute Gasteiger partial charge is 0.480 e. The first-order valence-electron chi connectivity index (χ1n) is 6.90. The van der Waals surface area contributed by atoms with Gasteiger partial charge in [-0.2, -0.15) is 0 Å². The lowest BCUT2D eigenvalue weighted by molar-refractivity contribution is -0.141. The number of carboxylic acids is 1. The summed E-state index contributed by atoms with van der Waals surface area (Å²) in [6, 6.07) is 2.54. The van der Waals surface area contributed by atoms with Crippen molar-refractivity contribution in [3.63, 3.8) is 0 Å². The Morgan fingerprint density at radius 2 is 2.24 bits per heavy atom. The summed E-state index contributed by atoms with van der Waals surface area (Å²) in [5.41, 5.74) is 0. The molecule has 6 nitrogen and oxygen atoms in total. The lowest BCUT2D eigenvalue weighted by Gasteiger charge is -2.32. The molecule has 1 aliphatic heterocycles. The van der Waals surface area contributed by atoms with Crippen molar-refractivity contribution in [3.05, 3.63) is 22.4 Å². The van der Waals surface area contributed by atoms with Crippen molar-refractivity contribution in [3.8, 4) is 0 Å².